The van der Waals surface area contributed by atoms with Crippen LogP contribution in [0.25, 0.3) is 0 Å². The highest BCUT2D eigenvalue weighted by atomic mass is 16.5. The average Bonchev–Trinajstić information content (AvgIpc) is 2.89. The highest BCUT2D eigenvalue weighted by molar-refractivity contribution is 6.05. The Labute approximate surface area is 164 Å². The molecule has 140 valence electrons. The number of carbonyl (C=O) groups is 2. The molecule has 1 aliphatic heterocycles. The Balaban J connectivity index is 1.86. The summed E-state index contributed by atoms with van der Waals surface area (Å²) in [5.74, 6) is -0.762. The van der Waals surface area contributed by atoms with Crippen molar-refractivity contribution in [2.24, 2.45) is 0 Å². The van der Waals surface area contributed by atoms with Crippen LogP contribution in [0.3, 0.4) is 0 Å². The van der Waals surface area contributed by atoms with Gasteiger partial charge in [0.2, 0.25) is 6.10 Å². The average molecular weight is 371 g/mol. The molecule has 0 radical (unpaired) electrons. The number of aryl methyl sites for hydroxylation is 2. The Morgan fingerprint density at radius 3 is 1.82 bits per heavy atom. The maximum absolute atomic E-state index is 13.8. The number of benzene rings is 3. The molecule has 0 saturated heterocycles. The summed E-state index contributed by atoms with van der Waals surface area (Å²) in [5.41, 5.74) is 4.53. The quantitative estimate of drug-likeness (QED) is 0.624. The summed E-state index contributed by atoms with van der Waals surface area (Å²) in [7, 11) is 0. The summed E-state index contributed by atoms with van der Waals surface area (Å²) >= 11 is 0. The van der Waals surface area contributed by atoms with E-state index in [0.717, 1.165) is 35.3 Å². The maximum Gasteiger partial charge on any atom is 0.303 e. The second-order valence-corrected chi connectivity index (χ2v) is 6.83. The zero-order valence-corrected chi connectivity index (χ0v) is 15.7. The molecule has 1 atom stereocenters. The van der Waals surface area contributed by atoms with Crippen LogP contribution in [0.1, 0.15) is 29.7 Å². The van der Waals surface area contributed by atoms with Crippen molar-refractivity contribution in [3.05, 3.63) is 95.6 Å². The van der Waals surface area contributed by atoms with Crippen LogP contribution in [-0.4, -0.2) is 11.9 Å². The summed E-state index contributed by atoms with van der Waals surface area (Å²) in [5, 5.41) is 0. The minimum atomic E-state index is -1.00. The first-order chi connectivity index (χ1) is 13.6. The smallest absolute Gasteiger partial charge is 0.303 e. The van der Waals surface area contributed by atoms with E-state index in [2.05, 4.69) is 0 Å². The van der Waals surface area contributed by atoms with Gasteiger partial charge in [-0.1, -0.05) is 66.7 Å². The SMILES string of the molecule is CC(=O)OC(C(=O)N1c2ccccc2CCc2ccccc21)c1ccccc1. The van der Waals surface area contributed by atoms with E-state index in [1.54, 1.807) is 17.0 Å². The first-order valence-corrected chi connectivity index (χ1v) is 9.37. The van der Waals surface area contributed by atoms with Crippen LogP contribution in [0.4, 0.5) is 11.4 Å². The number of hydrogen-bond donors (Lipinski definition) is 0. The van der Waals surface area contributed by atoms with Crippen molar-refractivity contribution < 1.29 is 14.3 Å². The van der Waals surface area contributed by atoms with E-state index >= 15 is 0 Å². The molecule has 0 spiro atoms. The molecule has 4 heteroatoms. The Hall–Kier alpha value is -3.40. The van der Waals surface area contributed by atoms with E-state index in [1.165, 1.54) is 6.92 Å². The van der Waals surface area contributed by atoms with E-state index in [9.17, 15) is 9.59 Å². The fourth-order valence-corrected chi connectivity index (χ4v) is 3.69. The fourth-order valence-electron chi connectivity index (χ4n) is 3.69. The third kappa shape index (κ3) is 3.41. The molecule has 0 bridgehead atoms. The van der Waals surface area contributed by atoms with Crippen LogP contribution < -0.4 is 4.90 Å². The minimum absolute atomic E-state index is 0.275. The maximum atomic E-state index is 13.8. The Kier molecular flexibility index (Phi) is 4.94. The number of hydrogen-bond acceptors (Lipinski definition) is 3. The molecular weight excluding hydrogens is 350 g/mol. The molecule has 28 heavy (non-hydrogen) atoms. The number of para-hydroxylation sites is 2. The molecule has 0 N–H and O–H groups in total. The molecule has 0 aliphatic carbocycles. The predicted octanol–water partition coefficient (Wildman–Crippen LogP) is 4.75. The molecule has 4 nitrogen and oxygen atoms in total. The number of ether oxygens (including phenoxy) is 1. The number of amides is 1. The normalized spacial score (nSPS) is 13.7. The Morgan fingerprint density at radius 2 is 1.29 bits per heavy atom. The van der Waals surface area contributed by atoms with Crippen LogP contribution in [0.5, 0.6) is 0 Å². The molecule has 0 fully saturated rings. The van der Waals surface area contributed by atoms with Crippen LogP contribution in [-0.2, 0) is 27.2 Å². The van der Waals surface area contributed by atoms with Crippen molar-refractivity contribution in [3.63, 3.8) is 0 Å². The van der Waals surface area contributed by atoms with Crippen molar-refractivity contribution >= 4 is 23.3 Å². The summed E-state index contributed by atoms with van der Waals surface area (Å²) in [6, 6.07) is 25.0. The van der Waals surface area contributed by atoms with Crippen molar-refractivity contribution in [1.82, 2.24) is 0 Å². The van der Waals surface area contributed by atoms with Gasteiger partial charge >= 0.3 is 5.97 Å². The molecule has 0 aromatic heterocycles. The van der Waals surface area contributed by atoms with Gasteiger partial charge in [0, 0.05) is 12.5 Å². The number of fused-ring (bicyclic) bond motifs is 2. The van der Waals surface area contributed by atoms with Gasteiger partial charge in [-0.2, -0.15) is 0 Å². The lowest BCUT2D eigenvalue weighted by molar-refractivity contribution is -0.153. The van der Waals surface area contributed by atoms with E-state index < -0.39 is 12.1 Å². The first-order valence-electron chi connectivity index (χ1n) is 9.37. The molecule has 0 saturated carbocycles. The van der Waals surface area contributed by atoms with Gasteiger partial charge < -0.3 is 4.74 Å². The van der Waals surface area contributed by atoms with Crippen molar-refractivity contribution in [1.29, 1.82) is 0 Å². The number of anilines is 2. The molecule has 1 amide bonds. The van der Waals surface area contributed by atoms with Crippen LogP contribution in [0.2, 0.25) is 0 Å². The van der Waals surface area contributed by atoms with Gasteiger partial charge in [-0.25, -0.2) is 0 Å². The second kappa shape index (κ2) is 7.69. The molecule has 1 aliphatic rings. The van der Waals surface area contributed by atoms with Gasteiger partial charge in [-0.3, -0.25) is 14.5 Å². The molecule has 1 heterocycles. The van der Waals surface area contributed by atoms with E-state index in [4.69, 9.17) is 4.74 Å². The first kappa shape index (κ1) is 18.0. The highest BCUT2D eigenvalue weighted by Gasteiger charge is 2.33. The van der Waals surface area contributed by atoms with Crippen molar-refractivity contribution in [3.8, 4) is 0 Å². The predicted molar refractivity (Wildman–Crippen MR) is 108 cm³/mol. The molecule has 1 unspecified atom stereocenters. The zero-order chi connectivity index (χ0) is 19.5. The van der Waals surface area contributed by atoms with Gasteiger partial charge in [-0.15, -0.1) is 0 Å². The van der Waals surface area contributed by atoms with Crippen molar-refractivity contribution in [2.45, 2.75) is 25.9 Å². The zero-order valence-electron chi connectivity index (χ0n) is 15.7. The third-order valence-corrected chi connectivity index (χ3v) is 4.96. The van der Waals surface area contributed by atoms with Crippen LogP contribution in [0.15, 0.2) is 78.9 Å². The van der Waals surface area contributed by atoms with Crippen molar-refractivity contribution in [2.75, 3.05) is 4.90 Å². The van der Waals surface area contributed by atoms with Gasteiger partial charge in [0.1, 0.15) is 0 Å². The lowest BCUT2D eigenvalue weighted by Gasteiger charge is -2.28. The summed E-state index contributed by atoms with van der Waals surface area (Å²) in [4.78, 5) is 27.2. The van der Waals surface area contributed by atoms with E-state index in [-0.39, 0.29) is 5.91 Å². The van der Waals surface area contributed by atoms with E-state index in [1.807, 2.05) is 66.7 Å². The van der Waals surface area contributed by atoms with Crippen LogP contribution >= 0.6 is 0 Å². The largest absolute Gasteiger partial charge is 0.447 e. The molecule has 3 aromatic carbocycles. The summed E-state index contributed by atoms with van der Waals surface area (Å²) < 4.78 is 5.49. The third-order valence-electron chi connectivity index (χ3n) is 4.96. The Bertz CT molecular complexity index is 966. The number of esters is 1. The monoisotopic (exact) mass is 371 g/mol. The van der Waals surface area contributed by atoms with Gasteiger partial charge in [0.25, 0.3) is 5.91 Å². The van der Waals surface area contributed by atoms with Gasteiger partial charge in [0.05, 0.1) is 11.4 Å². The molecule has 4 rings (SSSR count). The molecular formula is C24H21NO3. The Morgan fingerprint density at radius 1 is 0.786 bits per heavy atom. The number of nitrogens with zero attached hydrogens (tertiary/aromatic N) is 1. The van der Waals surface area contributed by atoms with Crippen LogP contribution in [0, 0.1) is 0 Å². The topological polar surface area (TPSA) is 46.6 Å². The fraction of sp³-hybridized carbons (Fsp3) is 0.167. The summed E-state index contributed by atoms with van der Waals surface area (Å²) in [6.07, 6.45) is 0.694. The standard InChI is InChI=1S/C24H21NO3/c1-17(26)28-23(20-11-3-2-4-12-20)24(27)25-21-13-7-5-9-18(21)15-16-19-10-6-8-14-22(19)25/h2-14,23H,15-16H2,1H3. The second-order valence-electron chi connectivity index (χ2n) is 6.83. The molecule has 3 aromatic rings. The minimum Gasteiger partial charge on any atom is -0.447 e. The highest BCUT2D eigenvalue weighted by Crippen LogP contribution is 2.38. The van der Waals surface area contributed by atoms with Gasteiger partial charge in [0.15, 0.2) is 0 Å². The van der Waals surface area contributed by atoms with Gasteiger partial charge in [-0.05, 0) is 36.1 Å². The van der Waals surface area contributed by atoms with E-state index in [0.29, 0.717) is 5.56 Å². The summed E-state index contributed by atoms with van der Waals surface area (Å²) in [6.45, 7) is 1.33. The lowest BCUT2D eigenvalue weighted by Crippen LogP contribution is -2.34. The number of carbonyl (C=O) groups excluding carboxylic acids is 2. The lowest BCUT2D eigenvalue weighted by atomic mass is 10.0. The number of rotatable bonds is 3.